The van der Waals surface area contributed by atoms with Crippen LogP contribution in [0.5, 0.6) is 0 Å². The minimum absolute atomic E-state index is 1.01. The standard InChI is InChI=1S/C48H28N4/c1-2-11-33(12-3-1)51-45-20-18-32(25-39(45)40-23-29-9-4-5-10-30(29)26-46(40)51)31-17-19-44-38(24-31)35-13-6-7-16-43(35)52(44)34-27-41-36-21-22-49-42-15-8-14-37(47(36)42)48(41)50-28-34/h1-28H. The Labute approximate surface area is 298 Å². The summed E-state index contributed by atoms with van der Waals surface area (Å²) in [6.45, 7) is 0. The van der Waals surface area contributed by atoms with Gasteiger partial charge in [0.05, 0.1) is 45.2 Å². The fraction of sp³-hybridized carbons (Fsp3) is 0. The van der Waals surface area contributed by atoms with Crippen molar-refractivity contribution in [1.29, 1.82) is 0 Å². The molecule has 4 nitrogen and oxygen atoms in total. The van der Waals surface area contributed by atoms with Crippen LogP contribution in [0.15, 0.2) is 170 Å². The molecule has 0 saturated carbocycles. The minimum atomic E-state index is 1.01. The number of hydrogen-bond acceptors (Lipinski definition) is 2. The molecule has 0 aliphatic heterocycles. The second-order valence-corrected chi connectivity index (χ2v) is 13.9. The summed E-state index contributed by atoms with van der Waals surface area (Å²) in [5, 5.41) is 8.64. The first kappa shape index (κ1) is 27.7. The summed E-state index contributed by atoms with van der Waals surface area (Å²) in [4.78, 5) is 9.72. The van der Waals surface area contributed by atoms with Crippen molar-refractivity contribution in [3.05, 3.63) is 170 Å². The van der Waals surface area contributed by atoms with Crippen LogP contribution in [0.2, 0.25) is 0 Å². The van der Waals surface area contributed by atoms with Crippen molar-refractivity contribution in [3.8, 4) is 44.9 Å². The summed E-state index contributed by atoms with van der Waals surface area (Å²) in [7, 11) is 0. The van der Waals surface area contributed by atoms with Crippen LogP contribution in [-0.2, 0) is 0 Å². The average Bonchev–Trinajstić information content (AvgIpc) is 3.83. The number of benzene rings is 7. The van der Waals surface area contributed by atoms with E-state index in [0.29, 0.717) is 0 Å². The highest BCUT2D eigenvalue weighted by Crippen LogP contribution is 2.47. The molecule has 7 aromatic carbocycles. The van der Waals surface area contributed by atoms with E-state index in [9.17, 15) is 0 Å². The van der Waals surface area contributed by atoms with Gasteiger partial charge in [-0.15, -0.1) is 0 Å². The Balaban J connectivity index is 1.05. The third-order valence-electron chi connectivity index (χ3n) is 11.1. The van der Waals surface area contributed by atoms with Crippen molar-refractivity contribution in [1.82, 2.24) is 19.1 Å². The van der Waals surface area contributed by atoms with Gasteiger partial charge in [0.25, 0.3) is 0 Å². The van der Waals surface area contributed by atoms with E-state index in [1.165, 1.54) is 70.9 Å². The lowest BCUT2D eigenvalue weighted by atomic mass is 10.00. The van der Waals surface area contributed by atoms with Gasteiger partial charge in [0.2, 0.25) is 0 Å². The minimum Gasteiger partial charge on any atom is -0.309 e. The number of pyridine rings is 2. The van der Waals surface area contributed by atoms with Crippen molar-refractivity contribution in [2.24, 2.45) is 0 Å². The maximum atomic E-state index is 5.08. The van der Waals surface area contributed by atoms with Crippen molar-refractivity contribution < 1.29 is 0 Å². The molecule has 1 aliphatic rings. The van der Waals surface area contributed by atoms with E-state index in [4.69, 9.17) is 4.98 Å². The fourth-order valence-electron chi connectivity index (χ4n) is 8.79. The first-order chi connectivity index (χ1) is 25.8. The van der Waals surface area contributed by atoms with E-state index in [1.807, 2.05) is 12.4 Å². The van der Waals surface area contributed by atoms with Crippen molar-refractivity contribution in [3.63, 3.8) is 0 Å². The van der Waals surface area contributed by atoms with E-state index >= 15 is 0 Å². The molecule has 0 unspecified atom stereocenters. The van der Waals surface area contributed by atoms with Gasteiger partial charge in [0, 0.05) is 49.9 Å². The van der Waals surface area contributed by atoms with Crippen LogP contribution in [0, 0.1) is 0 Å². The van der Waals surface area contributed by atoms with Crippen LogP contribution in [0.3, 0.4) is 0 Å². The SMILES string of the molecule is c1ccc(-n2c3ccc(-c4ccc5c(c4)c4ccccc4n5-c4cnc5c(c4)-c4ccnc6cccc-5c46)cc3c3cc4ccccc4cc32)cc1. The molecule has 0 radical (unpaired) electrons. The second-order valence-electron chi connectivity index (χ2n) is 13.9. The van der Waals surface area contributed by atoms with Gasteiger partial charge in [-0.3, -0.25) is 9.97 Å². The average molecular weight is 661 g/mol. The predicted molar refractivity (Wildman–Crippen MR) is 216 cm³/mol. The smallest absolute Gasteiger partial charge is 0.0789 e. The zero-order valence-corrected chi connectivity index (χ0v) is 28.0. The summed E-state index contributed by atoms with van der Waals surface area (Å²) >= 11 is 0. The molecule has 0 saturated heterocycles. The van der Waals surface area contributed by atoms with Gasteiger partial charge < -0.3 is 9.13 Å². The summed E-state index contributed by atoms with van der Waals surface area (Å²) in [5.74, 6) is 0. The Morgan fingerprint density at radius 3 is 1.88 bits per heavy atom. The molecule has 4 aromatic heterocycles. The summed E-state index contributed by atoms with van der Waals surface area (Å²) in [6, 6.07) is 57.4. The molecule has 4 heteroatoms. The van der Waals surface area contributed by atoms with Crippen LogP contribution >= 0.6 is 0 Å². The highest BCUT2D eigenvalue weighted by Gasteiger charge is 2.24. The second kappa shape index (κ2) is 10.3. The van der Waals surface area contributed by atoms with Gasteiger partial charge in [-0.1, -0.05) is 84.9 Å². The molecule has 12 rings (SSSR count). The van der Waals surface area contributed by atoms with E-state index in [1.54, 1.807) is 0 Å². The van der Waals surface area contributed by atoms with Gasteiger partial charge in [-0.2, -0.15) is 0 Å². The molecule has 4 heterocycles. The van der Waals surface area contributed by atoms with Crippen LogP contribution in [-0.4, -0.2) is 19.1 Å². The fourth-order valence-corrected chi connectivity index (χ4v) is 8.79. The van der Waals surface area contributed by atoms with E-state index in [-0.39, 0.29) is 0 Å². The van der Waals surface area contributed by atoms with Crippen LogP contribution in [0.4, 0.5) is 0 Å². The third kappa shape index (κ3) is 3.75. The molecule has 0 amide bonds. The van der Waals surface area contributed by atoms with Gasteiger partial charge in [0.1, 0.15) is 0 Å². The zero-order valence-electron chi connectivity index (χ0n) is 28.0. The predicted octanol–water partition coefficient (Wildman–Crippen LogP) is 12.3. The Bertz CT molecular complexity index is 3290. The quantitative estimate of drug-likeness (QED) is 0.189. The number of nitrogens with zero attached hydrogens (tertiary/aromatic N) is 4. The van der Waals surface area contributed by atoms with Gasteiger partial charge in [0.15, 0.2) is 0 Å². The summed E-state index contributed by atoms with van der Waals surface area (Å²) in [6.07, 6.45) is 3.93. The zero-order chi connectivity index (χ0) is 33.9. The lowest BCUT2D eigenvalue weighted by Crippen LogP contribution is -1.96. The van der Waals surface area contributed by atoms with Crippen molar-refractivity contribution >= 4 is 65.3 Å². The van der Waals surface area contributed by atoms with Crippen LogP contribution < -0.4 is 0 Å². The molecular formula is C48H28N4. The molecule has 0 spiro atoms. The summed E-state index contributed by atoms with van der Waals surface area (Å²) < 4.78 is 4.77. The lowest BCUT2D eigenvalue weighted by Gasteiger charge is -2.11. The number of para-hydroxylation sites is 2. The molecule has 1 aliphatic carbocycles. The van der Waals surface area contributed by atoms with Crippen molar-refractivity contribution in [2.75, 3.05) is 0 Å². The molecule has 11 aromatic rings. The number of rotatable bonds is 3. The molecule has 52 heavy (non-hydrogen) atoms. The lowest BCUT2D eigenvalue weighted by molar-refractivity contribution is 1.15. The molecule has 0 bridgehead atoms. The molecule has 0 N–H and O–H groups in total. The van der Waals surface area contributed by atoms with Crippen LogP contribution in [0.25, 0.3) is 110 Å². The highest BCUT2D eigenvalue weighted by atomic mass is 15.0. The molecular weight excluding hydrogens is 633 g/mol. The Morgan fingerprint density at radius 2 is 1.06 bits per heavy atom. The van der Waals surface area contributed by atoms with Gasteiger partial charge in [-0.25, -0.2) is 0 Å². The Kier molecular flexibility index (Phi) is 5.47. The third-order valence-corrected chi connectivity index (χ3v) is 11.1. The first-order valence-corrected chi connectivity index (χ1v) is 17.7. The first-order valence-electron chi connectivity index (χ1n) is 17.7. The van der Waals surface area contributed by atoms with Crippen molar-refractivity contribution in [2.45, 2.75) is 0 Å². The molecule has 0 atom stereocenters. The van der Waals surface area contributed by atoms with Gasteiger partial charge >= 0.3 is 0 Å². The van der Waals surface area contributed by atoms with E-state index in [2.05, 4.69) is 172 Å². The number of hydrogen-bond donors (Lipinski definition) is 0. The monoisotopic (exact) mass is 660 g/mol. The van der Waals surface area contributed by atoms with Crippen LogP contribution in [0.1, 0.15) is 0 Å². The van der Waals surface area contributed by atoms with E-state index < -0.39 is 0 Å². The Morgan fingerprint density at radius 1 is 0.385 bits per heavy atom. The number of aromatic nitrogens is 4. The topological polar surface area (TPSA) is 35.6 Å². The Hall–Kier alpha value is -7.04. The summed E-state index contributed by atoms with van der Waals surface area (Å²) in [5.41, 5.74) is 14.9. The maximum absolute atomic E-state index is 5.08. The van der Waals surface area contributed by atoms with Gasteiger partial charge in [-0.05, 0) is 100 Å². The highest BCUT2D eigenvalue weighted by molar-refractivity contribution is 6.16. The molecule has 0 fully saturated rings. The largest absolute Gasteiger partial charge is 0.309 e. The number of fused-ring (bicyclic) bond motifs is 10. The molecule has 240 valence electrons. The maximum Gasteiger partial charge on any atom is 0.0789 e. The normalized spacial score (nSPS) is 12.2. The van der Waals surface area contributed by atoms with E-state index in [0.717, 1.165) is 39.2 Å².